The Balaban J connectivity index is 2.58. The average Bonchev–Trinajstić information content (AvgIpc) is 2.47. The van der Waals surface area contributed by atoms with E-state index in [9.17, 15) is 5.21 Å². The van der Waals surface area contributed by atoms with Crippen molar-refractivity contribution < 1.29 is 4.85 Å². The van der Waals surface area contributed by atoms with Gasteiger partial charge in [-0.3, -0.25) is 0 Å². The predicted octanol–water partition coefficient (Wildman–Crippen LogP) is 1.47. The fourth-order valence-corrected chi connectivity index (χ4v) is 1.28. The summed E-state index contributed by atoms with van der Waals surface area (Å²) in [6.07, 6.45) is 0. The van der Waals surface area contributed by atoms with E-state index in [1.54, 1.807) is 19.1 Å². The van der Waals surface area contributed by atoms with Crippen LogP contribution in [-0.2, 0) is 0 Å². The van der Waals surface area contributed by atoms with Crippen LogP contribution in [0.1, 0.15) is 5.69 Å². The van der Waals surface area contributed by atoms with Crippen LogP contribution < -0.4 is 4.85 Å². The number of nitrogens with zero attached hydrogens (tertiary/aromatic N) is 3. The first-order chi connectivity index (χ1) is 6.70. The van der Waals surface area contributed by atoms with E-state index in [1.165, 1.54) is 4.80 Å². The van der Waals surface area contributed by atoms with Crippen LogP contribution in [0.25, 0.3) is 5.69 Å². The molecule has 0 aliphatic carbocycles. The molecule has 5 heteroatoms. The van der Waals surface area contributed by atoms with Gasteiger partial charge in [0, 0.05) is 6.92 Å². The Morgan fingerprint density at radius 1 is 1.36 bits per heavy atom. The summed E-state index contributed by atoms with van der Waals surface area (Å²) < 4.78 is 0. The Bertz CT molecular complexity index is 453. The summed E-state index contributed by atoms with van der Waals surface area (Å²) in [5.41, 5.74) is 1.21. The molecule has 0 spiro atoms. The maximum absolute atomic E-state index is 11.5. The van der Waals surface area contributed by atoms with E-state index in [0.29, 0.717) is 16.2 Å². The van der Waals surface area contributed by atoms with E-state index >= 15 is 0 Å². The number of hydrogen-bond donors (Lipinski definition) is 0. The van der Waals surface area contributed by atoms with Crippen LogP contribution in [-0.4, -0.2) is 9.90 Å². The molecular weight excluding hydrogens is 202 g/mol. The van der Waals surface area contributed by atoms with Crippen LogP contribution >= 0.6 is 11.6 Å². The van der Waals surface area contributed by atoms with Crippen molar-refractivity contribution >= 4 is 11.6 Å². The molecule has 0 amide bonds. The third-order valence-electron chi connectivity index (χ3n) is 1.87. The average molecular weight is 210 g/mol. The van der Waals surface area contributed by atoms with Gasteiger partial charge < -0.3 is 5.21 Å². The molecule has 0 saturated carbocycles. The van der Waals surface area contributed by atoms with E-state index < -0.39 is 0 Å². The number of aromatic nitrogens is 3. The lowest BCUT2D eigenvalue weighted by Crippen LogP contribution is -2.37. The molecule has 0 saturated heterocycles. The van der Waals surface area contributed by atoms with Crippen molar-refractivity contribution in [1.82, 2.24) is 9.90 Å². The first kappa shape index (κ1) is 9.02. The van der Waals surface area contributed by atoms with Gasteiger partial charge in [0.05, 0.1) is 5.10 Å². The molecule has 4 nitrogen and oxygen atoms in total. The highest BCUT2D eigenvalue weighted by atomic mass is 35.5. The van der Waals surface area contributed by atoms with Crippen molar-refractivity contribution in [3.05, 3.63) is 46.4 Å². The zero-order valence-electron chi connectivity index (χ0n) is 7.51. The second-order valence-corrected chi connectivity index (χ2v) is 3.23. The Kier molecular flexibility index (Phi) is 2.13. The minimum absolute atomic E-state index is 0.105. The van der Waals surface area contributed by atoms with Gasteiger partial charge >= 0.3 is 0 Å². The van der Waals surface area contributed by atoms with Gasteiger partial charge in [-0.05, 0) is 28.5 Å². The summed E-state index contributed by atoms with van der Waals surface area (Å²) in [6, 6.07) is 9.12. The van der Waals surface area contributed by atoms with E-state index in [0.717, 1.165) is 0 Å². The number of halogens is 1. The molecule has 72 valence electrons. The normalized spacial score (nSPS) is 10.4. The van der Waals surface area contributed by atoms with E-state index in [2.05, 4.69) is 5.10 Å². The van der Waals surface area contributed by atoms with Crippen molar-refractivity contribution in [2.45, 2.75) is 6.92 Å². The van der Waals surface area contributed by atoms with Crippen molar-refractivity contribution in [2.75, 3.05) is 0 Å². The SMILES string of the molecule is Cc1nn(-c2ccccc2)[n+]([O-])c1Cl. The van der Waals surface area contributed by atoms with Gasteiger partial charge in [0.2, 0.25) is 5.69 Å². The molecule has 2 aromatic rings. The van der Waals surface area contributed by atoms with Gasteiger partial charge in [0.15, 0.2) is 0 Å². The Hall–Kier alpha value is -1.55. The quantitative estimate of drug-likeness (QED) is 0.527. The fraction of sp³-hybridized carbons (Fsp3) is 0.111. The first-order valence-electron chi connectivity index (χ1n) is 4.10. The highest BCUT2D eigenvalue weighted by Crippen LogP contribution is 2.09. The largest absolute Gasteiger partial charge is 0.691 e. The molecule has 0 atom stereocenters. The smallest absolute Gasteiger partial charge is 0.267 e. The Morgan fingerprint density at radius 2 is 2.00 bits per heavy atom. The van der Waals surface area contributed by atoms with E-state index in [-0.39, 0.29) is 5.15 Å². The van der Waals surface area contributed by atoms with Gasteiger partial charge in [0.25, 0.3) is 5.15 Å². The number of aryl methyl sites for hydroxylation is 1. The second kappa shape index (κ2) is 3.31. The van der Waals surface area contributed by atoms with Gasteiger partial charge in [-0.15, -0.1) is 4.85 Å². The summed E-state index contributed by atoms with van der Waals surface area (Å²) in [6.45, 7) is 1.69. The minimum atomic E-state index is 0.105. The van der Waals surface area contributed by atoms with Gasteiger partial charge in [-0.2, -0.15) is 0 Å². The maximum Gasteiger partial charge on any atom is 0.267 e. The van der Waals surface area contributed by atoms with E-state index in [4.69, 9.17) is 11.6 Å². The lowest BCUT2D eigenvalue weighted by atomic mass is 10.3. The molecule has 0 N–H and O–H groups in total. The molecular formula is C9H8ClN3O. The van der Waals surface area contributed by atoms with Crippen LogP contribution in [0.15, 0.2) is 30.3 Å². The monoisotopic (exact) mass is 209 g/mol. The summed E-state index contributed by atoms with van der Waals surface area (Å²) in [5.74, 6) is 0. The fourth-order valence-electron chi connectivity index (χ4n) is 1.17. The standard InChI is InChI=1S/C9H8ClN3O/c1-7-9(10)13(14)12(11-7)8-5-3-2-4-6-8/h2-6H,1H3. The van der Waals surface area contributed by atoms with Crippen LogP contribution in [0, 0.1) is 12.1 Å². The minimum Gasteiger partial charge on any atom is -0.691 e. The van der Waals surface area contributed by atoms with Gasteiger partial charge in [0.1, 0.15) is 5.69 Å². The molecule has 2 rings (SSSR count). The van der Waals surface area contributed by atoms with Crippen LogP contribution in [0.5, 0.6) is 0 Å². The molecule has 0 bridgehead atoms. The summed E-state index contributed by atoms with van der Waals surface area (Å²) in [4.78, 5) is 1.78. The van der Waals surface area contributed by atoms with Crippen LogP contribution in [0.2, 0.25) is 5.15 Å². The number of rotatable bonds is 1. The maximum atomic E-state index is 11.5. The Labute approximate surface area is 85.9 Å². The van der Waals surface area contributed by atoms with Crippen molar-refractivity contribution in [2.24, 2.45) is 0 Å². The summed E-state index contributed by atoms with van der Waals surface area (Å²) in [7, 11) is 0. The lowest BCUT2D eigenvalue weighted by molar-refractivity contribution is -0.686. The number of para-hydroxylation sites is 1. The predicted molar refractivity (Wildman–Crippen MR) is 52.3 cm³/mol. The molecule has 0 radical (unpaired) electrons. The topological polar surface area (TPSA) is 44.8 Å². The van der Waals surface area contributed by atoms with Crippen molar-refractivity contribution in [3.63, 3.8) is 0 Å². The van der Waals surface area contributed by atoms with Crippen LogP contribution in [0.4, 0.5) is 0 Å². The zero-order chi connectivity index (χ0) is 10.1. The van der Waals surface area contributed by atoms with Gasteiger partial charge in [-0.1, -0.05) is 18.2 Å². The molecule has 1 heterocycles. The molecule has 0 aliphatic heterocycles. The molecule has 14 heavy (non-hydrogen) atoms. The molecule has 1 aromatic carbocycles. The summed E-state index contributed by atoms with van der Waals surface area (Å²) >= 11 is 5.72. The molecule has 1 aromatic heterocycles. The lowest BCUT2D eigenvalue weighted by Gasteiger charge is -2.02. The third-order valence-corrected chi connectivity index (χ3v) is 2.29. The molecule has 0 unspecified atom stereocenters. The van der Waals surface area contributed by atoms with Crippen LogP contribution in [0.3, 0.4) is 0 Å². The molecule has 0 aliphatic rings. The second-order valence-electron chi connectivity index (χ2n) is 2.87. The van der Waals surface area contributed by atoms with Crippen molar-refractivity contribution in [3.8, 4) is 5.69 Å². The van der Waals surface area contributed by atoms with Gasteiger partial charge in [-0.25, -0.2) is 0 Å². The molecule has 0 fully saturated rings. The summed E-state index contributed by atoms with van der Waals surface area (Å²) in [5, 5.41) is 15.6. The Morgan fingerprint density at radius 3 is 2.50 bits per heavy atom. The van der Waals surface area contributed by atoms with Crippen molar-refractivity contribution in [1.29, 1.82) is 0 Å². The highest BCUT2D eigenvalue weighted by Gasteiger charge is 2.17. The van der Waals surface area contributed by atoms with E-state index in [1.807, 2.05) is 18.2 Å². The first-order valence-corrected chi connectivity index (χ1v) is 4.48. The zero-order valence-corrected chi connectivity index (χ0v) is 8.27. The third kappa shape index (κ3) is 1.33. The number of benzene rings is 1. The highest BCUT2D eigenvalue weighted by molar-refractivity contribution is 6.29. The number of hydrogen-bond acceptors (Lipinski definition) is 2.